The average Bonchev–Trinajstić information content (AvgIpc) is 2.21. The summed E-state index contributed by atoms with van der Waals surface area (Å²) in [6.07, 6.45) is -0.0179. The van der Waals surface area contributed by atoms with Gasteiger partial charge in [-0.05, 0) is 11.6 Å². The van der Waals surface area contributed by atoms with E-state index in [1.807, 2.05) is 0 Å². The lowest BCUT2D eigenvalue weighted by Gasteiger charge is -2.03. The lowest BCUT2D eigenvalue weighted by molar-refractivity contribution is -0.139. The van der Waals surface area contributed by atoms with Crippen LogP contribution in [-0.4, -0.2) is 21.8 Å². The van der Waals surface area contributed by atoms with E-state index in [0.717, 1.165) is 0 Å². The second kappa shape index (κ2) is 5.72. The van der Waals surface area contributed by atoms with Crippen LogP contribution in [0.1, 0.15) is 11.1 Å². The molecule has 6 heteroatoms. The van der Waals surface area contributed by atoms with E-state index >= 15 is 0 Å². The van der Waals surface area contributed by atoms with Gasteiger partial charge in [0.1, 0.15) is 5.82 Å². The van der Waals surface area contributed by atoms with Gasteiger partial charge in [0.15, 0.2) is 11.1 Å². The molecule has 1 aromatic carbocycles. The molecule has 0 aliphatic rings. The van der Waals surface area contributed by atoms with E-state index in [-0.39, 0.29) is 17.7 Å². The molecule has 4 nitrogen and oxygen atoms in total. The molecule has 1 rings (SSSR count). The molecule has 0 aliphatic heterocycles. The highest BCUT2D eigenvalue weighted by Crippen LogP contribution is 2.13. The minimum atomic E-state index is -2.08. The first-order valence-corrected chi connectivity index (χ1v) is 5.72. The second-order valence-corrected chi connectivity index (χ2v) is 4.08. The number of halogens is 1. The van der Waals surface area contributed by atoms with Crippen LogP contribution < -0.4 is 0 Å². The highest BCUT2D eigenvalue weighted by molar-refractivity contribution is 7.78. The second-order valence-electron chi connectivity index (χ2n) is 3.14. The number of methoxy groups -OCH3 is 1. The first-order chi connectivity index (χ1) is 7.52. The molecule has 0 aromatic heterocycles. The van der Waals surface area contributed by atoms with E-state index in [9.17, 15) is 13.4 Å². The van der Waals surface area contributed by atoms with Gasteiger partial charge in [0.2, 0.25) is 0 Å². The number of esters is 1. The molecule has 0 bridgehead atoms. The van der Waals surface area contributed by atoms with Gasteiger partial charge < -0.3 is 9.29 Å². The molecule has 1 aromatic rings. The predicted molar refractivity (Wildman–Crippen MR) is 56.6 cm³/mol. The van der Waals surface area contributed by atoms with E-state index in [0.29, 0.717) is 5.56 Å². The maximum atomic E-state index is 13.4. The molecule has 0 saturated heterocycles. The summed E-state index contributed by atoms with van der Waals surface area (Å²) in [7, 11) is 1.25. The Morgan fingerprint density at radius 3 is 2.75 bits per heavy atom. The third kappa shape index (κ3) is 3.71. The van der Waals surface area contributed by atoms with Crippen molar-refractivity contribution >= 4 is 17.0 Å². The Hall–Kier alpha value is -1.27. The topological polar surface area (TPSA) is 63.6 Å². The van der Waals surface area contributed by atoms with Crippen molar-refractivity contribution in [2.24, 2.45) is 0 Å². The van der Waals surface area contributed by atoms with Crippen LogP contribution >= 0.6 is 0 Å². The van der Waals surface area contributed by atoms with E-state index in [2.05, 4.69) is 4.74 Å². The first kappa shape index (κ1) is 12.8. The molecule has 1 N–H and O–H groups in total. The van der Waals surface area contributed by atoms with Gasteiger partial charge in [0.25, 0.3) is 0 Å². The molecule has 0 saturated carbocycles. The van der Waals surface area contributed by atoms with Crippen LogP contribution in [0.25, 0.3) is 0 Å². The van der Waals surface area contributed by atoms with Gasteiger partial charge >= 0.3 is 5.97 Å². The lowest BCUT2D eigenvalue weighted by Crippen LogP contribution is -2.05. The normalized spacial score (nSPS) is 12.2. The number of carbonyl (C=O) groups is 1. The van der Waals surface area contributed by atoms with Crippen molar-refractivity contribution in [3.8, 4) is 0 Å². The summed E-state index contributed by atoms with van der Waals surface area (Å²) in [4.78, 5) is 10.9. The summed E-state index contributed by atoms with van der Waals surface area (Å²) in [6, 6.07) is 4.09. The zero-order chi connectivity index (χ0) is 12.1. The minimum absolute atomic E-state index is 0.0179. The van der Waals surface area contributed by atoms with Crippen molar-refractivity contribution in [1.29, 1.82) is 0 Å². The number of hydrogen-bond donors (Lipinski definition) is 1. The van der Waals surface area contributed by atoms with Gasteiger partial charge in [0, 0.05) is 5.56 Å². The average molecular weight is 246 g/mol. The van der Waals surface area contributed by atoms with Crippen molar-refractivity contribution in [3.05, 3.63) is 35.1 Å². The van der Waals surface area contributed by atoms with Crippen molar-refractivity contribution in [2.75, 3.05) is 7.11 Å². The van der Waals surface area contributed by atoms with E-state index in [4.69, 9.17) is 4.55 Å². The first-order valence-electron chi connectivity index (χ1n) is 4.44. The maximum Gasteiger partial charge on any atom is 0.309 e. The predicted octanol–water partition coefficient (Wildman–Crippen LogP) is 1.26. The molecule has 16 heavy (non-hydrogen) atoms. The quantitative estimate of drug-likeness (QED) is 0.641. The third-order valence-corrected chi connectivity index (χ3v) is 2.53. The Morgan fingerprint density at radius 2 is 2.25 bits per heavy atom. The van der Waals surface area contributed by atoms with Gasteiger partial charge in [0.05, 0.1) is 19.3 Å². The zero-order valence-electron chi connectivity index (χ0n) is 8.60. The fourth-order valence-corrected chi connectivity index (χ4v) is 1.69. The molecular formula is C10H11FO4S. The van der Waals surface area contributed by atoms with Crippen LogP contribution in [0.2, 0.25) is 0 Å². The summed E-state index contributed by atoms with van der Waals surface area (Å²) in [5.74, 6) is -1.31. The Labute approximate surface area is 94.7 Å². The van der Waals surface area contributed by atoms with Crippen molar-refractivity contribution in [3.63, 3.8) is 0 Å². The van der Waals surface area contributed by atoms with E-state index in [1.165, 1.54) is 25.3 Å². The monoisotopic (exact) mass is 246 g/mol. The lowest BCUT2D eigenvalue weighted by atomic mass is 10.1. The molecule has 1 atom stereocenters. The Kier molecular flexibility index (Phi) is 4.57. The number of ether oxygens (including phenoxy) is 1. The van der Waals surface area contributed by atoms with Gasteiger partial charge in [-0.2, -0.15) is 0 Å². The Balaban J connectivity index is 2.82. The third-order valence-electron chi connectivity index (χ3n) is 1.97. The van der Waals surface area contributed by atoms with Crippen molar-refractivity contribution in [2.45, 2.75) is 12.2 Å². The summed E-state index contributed by atoms with van der Waals surface area (Å²) < 4.78 is 36.9. The van der Waals surface area contributed by atoms with Crippen molar-refractivity contribution in [1.82, 2.24) is 0 Å². The summed E-state index contributed by atoms with van der Waals surface area (Å²) in [5, 5.41) is 0. The van der Waals surface area contributed by atoms with Gasteiger partial charge in [-0.25, -0.2) is 8.60 Å². The molecule has 0 spiro atoms. The minimum Gasteiger partial charge on any atom is -0.469 e. The van der Waals surface area contributed by atoms with Gasteiger partial charge in [-0.3, -0.25) is 4.79 Å². The van der Waals surface area contributed by atoms with Crippen LogP contribution in [0, 0.1) is 5.82 Å². The largest absolute Gasteiger partial charge is 0.469 e. The fraction of sp³-hybridized carbons (Fsp3) is 0.300. The van der Waals surface area contributed by atoms with Crippen LogP contribution in [0.15, 0.2) is 18.2 Å². The molecule has 0 amide bonds. The smallest absolute Gasteiger partial charge is 0.309 e. The van der Waals surface area contributed by atoms with E-state index in [1.54, 1.807) is 0 Å². The molecular weight excluding hydrogens is 235 g/mol. The number of carbonyl (C=O) groups excluding carboxylic acids is 1. The molecule has 0 aliphatic carbocycles. The standard InChI is InChI=1S/C10H11FO4S/c1-15-10(12)5-7-2-3-8(6-16(13)14)9(11)4-7/h2-4H,5-6H2,1H3,(H,13,14). The fourth-order valence-electron chi connectivity index (χ4n) is 1.19. The maximum absolute atomic E-state index is 13.4. The molecule has 0 fully saturated rings. The molecule has 0 radical (unpaired) electrons. The summed E-state index contributed by atoms with van der Waals surface area (Å²) in [5.41, 5.74) is 0.617. The van der Waals surface area contributed by atoms with Crippen LogP contribution in [0.3, 0.4) is 0 Å². The number of rotatable bonds is 4. The zero-order valence-corrected chi connectivity index (χ0v) is 9.42. The Bertz CT molecular complexity index is 419. The molecule has 88 valence electrons. The molecule has 1 unspecified atom stereocenters. The van der Waals surface area contributed by atoms with Crippen LogP contribution in [0.5, 0.6) is 0 Å². The molecule has 0 heterocycles. The van der Waals surface area contributed by atoms with Crippen LogP contribution in [-0.2, 0) is 32.8 Å². The summed E-state index contributed by atoms with van der Waals surface area (Å²) >= 11 is -2.08. The number of hydrogen-bond acceptors (Lipinski definition) is 3. The van der Waals surface area contributed by atoms with Crippen LogP contribution in [0.4, 0.5) is 4.39 Å². The SMILES string of the molecule is COC(=O)Cc1ccc(CS(=O)O)c(F)c1. The highest BCUT2D eigenvalue weighted by atomic mass is 32.2. The Morgan fingerprint density at radius 1 is 1.56 bits per heavy atom. The van der Waals surface area contributed by atoms with E-state index < -0.39 is 22.9 Å². The van der Waals surface area contributed by atoms with Gasteiger partial charge in [-0.1, -0.05) is 12.1 Å². The summed E-state index contributed by atoms with van der Waals surface area (Å²) in [6.45, 7) is 0. The highest BCUT2D eigenvalue weighted by Gasteiger charge is 2.08. The van der Waals surface area contributed by atoms with Gasteiger partial charge in [-0.15, -0.1) is 0 Å². The van der Waals surface area contributed by atoms with Crippen molar-refractivity contribution < 1.29 is 22.7 Å². The number of benzene rings is 1.